The van der Waals surface area contributed by atoms with Crippen molar-refractivity contribution in [2.75, 3.05) is 26.2 Å². The van der Waals surface area contributed by atoms with Gasteiger partial charge in [-0.1, -0.05) is 6.07 Å². The van der Waals surface area contributed by atoms with Crippen molar-refractivity contribution in [2.24, 2.45) is 11.7 Å². The van der Waals surface area contributed by atoms with Gasteiger partial charge in [-0.05, 0) is 46.9 Å². The fourth-order valence-electron chi connectivity index (χ4n) is 2.81. The summed E-state index contributed by atoms with van der Waals surface area (Å²) in [7, 11) is 0. The van der Waals surface area contributed by atoms with Crippen molar-refractivity contribution in [2.45, 2.75) is 19.4 Å². The topological polar surface area (TPSA) is 102 Å². The van der Waals surface area contributed by atoms with Gasteiger partial charge in [0.15, 0.2) is 0 Å². The van der Waals surface area contributed by atoms with E-state index in [9.17, 15) is 14.9 Å². The van der Waals surface area contributed by atoms with E-state index in [-0.39, 0.29) is 17.5 Å². The van der Waals surface area contributed by atoms with Gasteiger partial charge < -0.3 is 11.1 Å². The molecule has 0 bridgehead atoms. The average Bonchev–Trinajstić information content (AvgIpc) is 2.54. The Bertz CT molecular complexity index is 582. The molecule has 1 atom stereocenters. The molecule has 1 heterocycles. The summed E-state index contributed by atoms with van der Waals surface area (Å²) in [6.45, 7) is 3.10. The van der Waals surface area contributed by atoms with Crippen molar-refractivity contribution in [1.29, 1.82) is 0 Å². The second-order valence-electron chi connectivity index (χ2n) is 5.70. The SMILES string of the molecule is NCCNC(=O)C1CCCN(Cc2ccc(Br)c([N+](=O)[O-])c2)C1. The van der Waals surface area contributed by atoms with E-state index in [4.69, 9.17) is 5.73 Å². The van der Waals surface area contributed by atoms with Crippen LogP contribution in [0, 0.1) is 16.0 Å². The monoisotopic (exact) mass is 384 g/mol. The number of likely N-dealkylation sites (tertiary alicyclic amines) is 1. The molecule has 1 amide bonds. The van der Waals surface area contributed by atoms with Crippen molar-refractivity contribution in [3.8, 4) is 0 Å². The predicted octanol–water partition coefficient (Wildman–Crippen LogP) is 1.64. The number of rotatable bonds is 6. The number of hydrogen-bond acceptors (Lipinski definition) is 5. The lowest BCUT2D eigenvalue weighted by atomic mass is 9.96. The van der Waals surface area contributed by atoms with Gasteiger partial charge in [0.05, 0.1) is 15.3 Å². The highest BCUT2D eigenvalue weighted by atomic mass is 79.9. The predicted molar refractivity (Wildman–Crippen MR) is 90.9 cm³/mol. The molecule has 0 aliphatic carbocycles. The quantitative estimate of drug-likeness (QED) is 0.573. The fraction of sp³-hybridized carbons (Fsp3) is 0.533. The number of nitro groups is 1. The van der Waals surface area contributed by atoms with Crippen molar-refractivity contribution >= 4 is 27.5 Å². The maximum Gasteiger partial charge on any atom is 0.283 e. The van der Waals surface area contributed by atoms with Crippen LogP contribution < -0.4 is 11.1 Å². The number of carbonyl (C=O) groups is 1. The Labute approximate surface area is 143 Å². The Morgan fingerprint density at radius 1 is 1.52 bits per heavy atom. The van der Waals surface area contributed by atoms with Crippen LogP contribution in [0.3, 0.4) is 0 Å². The van der Waals surface area contributed by atoms with E-state index in [0.717, 1.165) is 24.9 Å². The Hall–Kier alpha value is -1.51. The van der Waals surface area contributed by atoms with Crippen LogP contribution >= 0.6 is 15.9 Å². The van der Waals surface area contributed by atoms with E-state index in [0.29, 0.717) is 30.7 Å². The molecule has 0 aromatic heterocycles. The maximum atomic E-state index is 12.1. The number of nitrogens with one attached hydrogen (secondary N) is 1. The first kappa shape index (κ1) is 17.8. The lowest BCUT2D eigenvalue weighted by Gasteiger charge is -2.32. The van der Waals surface area contributed by atoms with Crippen molar-refractivity contribution < 1.29 is 9.72 Å². The summed E-state index contributed by atoms with van der Waals surface area (Å²) in [6.07, 6.45) is 1.81. The first-order valence-electron chi connectivity index (χ1n) is 7.64. The fourth-order valence-corrected chi connectivity index (χ4v) is 3.20. The minimum atomic E-state index is -0.396. The molecule has 7 nitrogen and oxygen atoms in total. The highest BCUT2D eigenvalue weighted by Crippen LogP contribution is 2.27. The van der Waals surface area contributed by atoms with Crippen molar-refractivity contribution in [1.82, 2.24) is 10.2 Å². The van der Waals surface area contributed by atoms with Crippen molar-refractivity contribution in [3.63, 3.8) is 0 Å². The molecular formula is C15H21BrN4O3. The van der Waals surface area contributed by atoms with Gasteiger partial charge in [0.2, 0.25) is 5.91 Å². The molecule has 3 N–H and O–H groups in total. The maximum absolute atomic E-state index is 12.1. The summed E-state index contributed by atoms with van der Waals surface area (Å²) in [6, 6.07) is 5.15. The van der Waals surface area contributed by atoms with Crippen LogP contribution in [0.2, 0.25) is 0 Å². The van der Waals surface area contributed by atoms with Gasteiger partial charge >= 0.3 is 0 Å². The van der Waals surface area contributed by atoms with Gasteiger partial charge in [-0.15, -0.1) is 0 Å². The summed E-state index contributed by atoms with van der Waals surface area (Å²) in [4.78, 5) is 24.8. The normalized spacial score (nSPS) is 18.6. The Morgan fingerprint density at radius 2 is 2.30 bits per heavy atom. The standard InChI is InChI=1S/C15H21BrN4O3/c16-13-4-3-11(8-14(13)20(22)23)9-19-7-1-2-12(10-19)15(21)18-6-5-17/h3-4,8,12H,1-2,5-7,9-10,17H2,(H,18,21). The molecule has 1 aliphatic rings. The van der Waals surface area contributed by atoms with Crippen molar-refractivity contribution in [3.05, 3.63) is 38.3 Å². The van der Waals surface area contributed by atoms with E-state index in [1.54, 1.807) is 12.1 Å². The third-order valence-electron chi connectivity index (χ3n) is 3.93. The minimum absolute atomic E-state index is 0.0410. The largest absolute Gasteiger partial charge is 0.355 e. The Kier molecular flexibility index (Phi) is 6.49. The Balaban J connectivity index is 1.98. The van der Waals surface area contributed by atoms with E-state index in [2.05, 4.69) is 26.1 Å². The first-order valence-corrected chi connectivity index (χ1v) is 8.43. The summed E-state index contributed by atoms with van der Waals surface area (Å²) in [5, 5.41) is 13.8. The van der Waals surface area contributed by atoms with E-state index in [1.807, 2.05) is 6.07 Å². The summed E-state index contributed by atoms with van der Waals surface area (Å²) < 4.78 is 0.476. The highest BCUT2D eigenvalue weighted by molar-refractivity contribution is 9.10. The summed E-state index contributed by atoms with van der Waals surface area (Å²) in [5.74, 6) is 0.00247. The van der Waals surface area contributed by atoms with E-state index >= 15 is 0 Å². The molecule has 1 fully saturated rings. The molecule has 1 aromatic rings. The molecule has 0 spiro atoms. The molecule has 126 valence electrons. The molecule has 1 aromatic carbocycles. The second-order valence-corrected chi connectivity index (χ2v) is 6.55. The van der Waals surface area contributed by atoms with Crippen LogP contribution in [0.5, 0.6) is 0 Å². The van der Waals surface area contributed by atoms with E-state index < -0.39 is 4.92 Å². The lowest BCUT2D eigenvalue weighted by Crippen LogP contribution is -2.43. The molecule has 23 heavy (non-hydrogen) atoms. The zero-order valence-corrected chi connectivity index (χ0v) is 14.4. The van der Waals surface area contributed by atoms with E-state index in [1.165, 1.54) is 0 Å². The lowest BCUT2D eigenvalue weighted by molar-refractivity contribution is -0.385. The molecule has 1 aliphatic heterocycles. The number of benzene rings is 1. The van der Waals surface area contributed by atoms with Gasteiger partial charge in [-0.3, -0.25) is 19.8 Å². The number of halogens is 1. The number of piperidine rings is 1. The number of carbonyl (C=O) groups excluding carboxylic acids is 1. The first-order chi connectivity index (χ1) is 11.0. The summed E-state index contributed by atoms with van der Waals surface area (Å²) >= 11 is 3.19. The zero-order chi connectivity index (χ0) is 16.8. The highest BCUT2D eigenvalue weighted by Gasteiger charge is 2.25. The molecule has 2 rings (SSSR count). The third kappa shape index (κ3) is 4.98. The number of nitro benzene ring substituents is 1. The van der Waals surface area contributed by atoms with Crippen LogP contribution in [0.15, 0.2) is 22.7 Å². The number of nitrogens with zero attached hydrogens (tertiary/aromatic N) is 2. The van der Waals surface area contributed by atoms with Gasteiger partial charge in [0.1, 0.15) is 0 Å². The van der Waals surface area contributed by atoms with Gasteiger partial charge in [0, 0.05) is 32.2 Å². The second kappa shape index (κ2) is 8.37. The van der Waals surface area contributed by atoms with Gasteiger partial charge in [0.25, 0.3) is 5.69 Å². The number of hydrogen-bond donors (Lipinski definition) is 2. The third-order valence-corrected chi connectivity index (χ3v) is 4.60. The molecule has 1 saturated heterocycles. The molecule has 1 unspecified atom stereocenters. The van der Waals surface area contributed by atoms with Gasteiger partial charge in [-0.2, -0.15) is 0 Å². The molecule has 0 saturated carbocycles. The van der Waals surface area contributed by atoms with Gasteiger partial charge in [-0.25, -0.2) is 0 Å². The zero-order valence-electron chi connectivity index (χ0n) is 12.8. The molecule has 8 heteroatoms. The van der Waals surface area contributed by atoms with Crippen LogP contribution in [0.1, 0.15) is 18.4 Å². The average molecular weight is 385 g/mol. The summed E-state index contributed by atoms with van der Waals surface area (Å²) in [5.41, 5.74) is 6.35. The smallest absolute Gasteiger partial charge is 0.283 e. The molecule has 0 radical (unpaired) electrons. The Morgan fingerprint density at radius 3 is 3.00 bits per heavy atom. The number of nitrogens with two attached hydrogens (primary N) is 1. The van der Waals surface area contributed by atoms with Crippen LogP contribution in [-0.2, 0) is 11.3 Å². The minimum Gasteiger partial charge on any atom is -0.355 e. The number of amides is 1. The van der Waals surface area contributed by atoms with Crippen LogP contribution in [-0.4, -0.2) is 41.9 Å². The van der Waals surface area contributed by atoms with Crippen LogP contribution in [0.4, 0.5) is 5.69 Å². The van der Waals surface area contributed by atoms with Crippen LogP contribution in [0.25, 0.3) is 0 Å². The molecular weight excluding hydrogens is 364 g/mol.